The summed E-state index contributed by atoms with van der Waals surface area (Å²) in [6.45, 7) is 2.36. The van der Waals surface area contributed by atoms with Crippen LogP contribution in [0.3, 0.4) is 0 Å². The van der Waals surface area contributed by atoms with Gasteiger partial charge >= 0.3 is 0 Å². The van der Waals surface area contributed by atoms with Crippen molar-refractivity contribution in [2.24, 2.45) is 23.7 Å². The minimum Gasteiger partial charge on any atom is -0.204 e. The molecule has 2 aliphatic rings. The molecule has 0 aromatic heterocycles. The molecule has 174 valence electrons. The summed E-state index contributed by atoms with van der Waals surface area (Å²) >= 11 is 0. The van der Waals surface area contributed by atoms with E-state index in [0.29, 0.717) is 0 Å². The molecule has 0 radical (unpaired) electrons. The van der Waals surface area contributed by atoms with Gasteiger partial charge in [0.15, 0.2) is 11.6 Å². The topological polar surface area (TPSA) is 0 Å². The second-order valence-electron chi connectivity index (χ2n) is 10.6. The molecule has 0 spiro atoms. The van der Waals surface area contributed by atoms with Crippen LogP contribution in [-0.4, -0.2) is 0 Å². The first-order valence-electron chi connectivity index (χ1n) is 13.1. The summed E-state index contributed by atoms with van der Waals surface area (Å²) < 4.78 is 26.7. The Balaban J connectivity index is 1.15. The van der Waals surface area contributed by atoms with E-state index < -0.39 is 11.6 Å². The van der Waals surface area contributed by atoms with Crippen molar-refractivity contribution in [3.05, 3.63) is 59.7 Å². The van der Waals surface area contributed by atoms with Crippen molar-refractivity contribution in [1.82, 2.24) is 0 Å². The molecule has 0 bridgehead atoms. The van der Waals surface area contributed by atoms with Crippen LogP contribution in [0.1, 0.15) is 89.5 Å². The summed E-state index contributed by atoms with van der Waals surface area (Å²) in [5, 5.41) is 0. The van der Waals surface area contributed by atoms with E-state index >= 15 is 0 Å². The predicted molar refractivity (Wildman–Crippen MR) is 131 cm³/mol. The van der Waals surface area contributed by atoms with Crippen LogP contribution in [0.4, 0.5) is 8.78 Å². The van der Waals surface area contributed by atoms with Gasteiger partial charge in [-0.1, -0.05) is 108 Å². The Hall–Kier alpha value is -1.70. The maximum Gasteiger partial charge on any atom is 0.159 e. The van der Waals surface area contributed by atoms with Gasteiger partial charge in [0, 0.05) is 0 Å². The highest BCUT2D eigenvalue weighted by Crippen LogP contribution is 2.38. The van der Waals surface area contributed by atoms with E-state index in [9.17, 15) is 8.78 Å². The first-order chi connectivity index (χ1) is 15.6. The molecule has 2 aromatic rings. The summed E-state index contributed by atoms with van der Waals surface area (Å²) in [6, 6.07) is 12.5. The lowest BCUT2D eigenvalue weighted by Crippen LogP contribution is -2.18. The summed E-state index contributed by atoms with van der Waals surface area (Å²) in [5.41, 5.74) is 3.02. The molecule has 0 N–H and O–H groups in total. The average molecular weight is 439 g/mol. The van der Waals surface area contributed by atoms with Crippen LogP contribution in [0.25, 0.3) is 11.1 Å². The first-order valence-corrected chi connectivity index (χ1v) is 13.1. The third-order valence-electron chi connectivity index (χ3n) is 8.54. The summed E-state index contributed by atoms with van der Waals surface area (Å²) in [4.78, 5) is 0. The fraction of sp³-hybridized carbons (Fsp3) is 0.600. The van der Waals surface area contributed by atoms with E-state index in [4.69, 9.17) is 0 Å². The molecule has 0 unspecified atom stereocenters. The third kappa shape index (κ3) is 6.42. The van der Waals surface area contributed by atoms with Crippen molar-refractivity contribution < 1.29 is 8.78 Å². The van der Waals surface area contributed by atoms with Crippen LogP contribution in [0.15, 0.2) is 42.5 Å². The number of halogens is 2. The van der Waals surface area contributed by atoms with E-state index in [1.165, 1.54) is 94.7 Å². The lowest BCUT2D eigenvalue weighted by Gasteiger charge is -2.32. The molecular weight excluding hydrogens is 398 g/mol. The van der Waals surface area contributed by atoms with E-state index in [0.717, 1.165) is 41.2 Å². The fourth-order valence-electron chi connectivity index (χ4n) is 6.12. The Kier molecular flexibility index (Phi) is 8.38. The van der Waals surface area contributed by atoms with Crippen molar-refractivity contribution >= 4 is 0 Å². The lowest BCUT2D eigenvalue weighted by molar-refractivity contribution is 0.212. The van der Waals surface area contributed by atoms with Gasteiger partial charge in [0.2, 0.25) is 0 Å². The fourth-order valence-corrected chi connectivity index (χ4v) is 6.12. The predicted octanol–water partition coefficient (Wildman–Crippen LogP) is 9.37. The van der Waals surface area contributed by atoms with Gasteiger partial charge in [0.1, 0.15) is 0 Å². The maximum absolute atomic E-state index is 13.5. The maximum atomic E-state index is 13.5. The number of rotatable bonds is 8. The molecule has 0 nitrogen and oxygen atoms in total. The van der Waals surface area contributed by atoms with Crippen molar-refractivity contribution in [3.63, 3.8) is 0 Å². The Bertz CT molecular complexity index is 824. The Labute approximate surface area is 193 Å². The highest BCUT2D eigenvalue weighted by molar-refractivity contribution is 5.63. The van der Waals surface area contributed by atoms with E-state index in [-0.39, 0.29) is 0 Å². The largest absolute Gasteiger partial charge is 0.204 e. The van der Waals surface area contributed by atoms with Crippen LogP contribution in [0.5, 0.6) is 0 Å². The number of aryl methyl sites for hydroxylation is 1. The van der Waals surface area contributed by atoms with Gasteiger partial charge in [-0.05, 0) is 65.3 Å². The quantitative estimate of drug-likeness (QED) is 0.385. The van der Waals surface area contributed by atoms with Crippen molar-refractivity contribution in [1.29, 1.82) is 0 Å². The molecule has 0 heterocycles. The first kappa shape index (κ1) is 23.5. The zero-order valence-corrected chi connectivity index (χ0v) is 19.8. The third-order valence-corrected chi connectivity index (χ3v) is 8.54. The smallest absolute Gasteiger partial charge is 0.159 e. The molecule has 0 atom stereocenters. The normalized spacial score (nSPS) is 26.2. The summed E-state index contributed by atoms with van der Waals surface area (Å²) in [7, 11) is 0. The monoisotopic (exact) mass is 438 g/mol. The molecule has 0 saturated heterocycles. The lowest BCUT2D eigenvalue weighted by atomic mass is 9.74. The van der Waals surface area contributed by atoms with Crippen LogP contribution in [0.2, 0.25) is 0 Å². The van der Waals surface area contributed by atoms with Crippen molar-refractivity contribution in [2.75, 3.05) is 0 Å². The standard InChI is InChI=1S/C30H40F2/c1-2-22-3-5-23(6-4-22)7-8-24-9-11-25(12-10-24)13-14-26-15-17-27(18-16-26)28-19-20-29(31)30(32)21-28/h15-25H,2-14H2,1H3. The van der Waals surface area contributed by atoms with Crippen molar-refractivity contribution in [2.45, 2.75) is 90.4 Å². The zero-order chi connectivity index (χ0) is 22.3. The molecule has 0 aliphatic heterocycles. The Morgan fingerprint density at radius 1 is 0.594 bits per heavy atom. The molecule has 2 heteroatoms. The Morgan fingerprint density at radius 2 is 1.09 bits per heavy atom. The van der Waals surface area contributed by atoms with Gasteiger partial charge in [-0.15, -0.1) is 0 Å². The zero-order valence-electron chi connectivity index (χ0n) is 19.8. The van der Waals surface area contributed by atoms with E-state index in [1.54, 1.807) is 6.07 Å². The van der Waals surface area contributed by atoms with Gasteiger partial charge in [-0.25, -0.2) is 8.78 Å². The highest BCUT2D eigenvalue weighted by atomic mass is 19.2. The molecule has 2 fully saturated rings. The van der Waals surface area contributed by atoms with Crippen molar-refractivity contribution in [3.8, 4) is 11.1 Å². The van der Waals surface area contributed by atoms with Crippen LogP contribution < -0.4 is 0 Å². The number of benzene rings is 2. The SMILES string of the molecule is CCC1CCC(CCC2CCC(CCc3ccc(-c4ccc(F)c(F)c4)cc3)CC2)CC1. The molecule has 2 saturated carbocycles. The van der Waals surface area contributed by atoms with E-state index in [1.807, 2.05) is 12.1 Å². The minimum absolute atomic E-state index is 0.729. The van der Waals surface area contributed by atoms with Crippen LogP contribution in [-0.2, 0) is 6.42 Å². The van der Waals surface area contributed by atoms with Gasteiger partial charge in [0.25, 0.3) is 0 Å². The molecule has 32 heavy (non-hydrogen) atoms. The van der Waals surface area contributed by atoms with E-state index in [2.05, 4.69) is 19.1 Å². The van der Waals surface area contributed by atoms with Gasteiger partial charge in [-0.2, -0.15) is 0 Å². The molecule has 4 rings (SSSR count). The molecular formula is C30H40F2. The molecule has 2 aromatic carbocycles. The van der Waals surface area contributed by atoms with Gasteiger partial charge in [-0.3, -0.25) is 0 Å². The second kappa shape index (κ2) is 11.4. The minimum atomic E-state index is -0.792. The van der Waals surface area contributed by atoms with Gasteiger partial charge < -0.3 is 0 Å². The number of hydrogen-bond acceptors (Lipinski definition) is 0. The number of hydrogen-bond donors (Lipinski definition) is 0. The van der Waals surface area contributed by atoms with Gasteiger partial charge in [0.05, 0.1) is 0 Å². The highest BCUT2D eigenvalue weighted by Gasteiger charge is 2.24. The van der Waals surface area contributed by atoms with Crippen LogP contribution in [0, 0.1) is 35.3 Å². The summed E-state index contributed by atoms with van der Waals surface area (Å²) in [5.74, 6) is 2.31. The molecule has 0 amide bonds. The Morgan fingerprint density at radius 3 is 1.62 bits per heavy atom. The molecule has 2 aliphatic carbocycles. The summed E-state index contributed by atoms with van der Waals surface area (Å²) in [6.07, 6.45) is 18.3. The second-order valence-corrected chi connectivity index (χ2v) is 10.6. The average Bonchev–Trinajstić information content (AvgIpc) is 2.84. The van der Waals surface area contributed by atoms with Crippen LogP contribution >= 0.6 is 0 Å².